The first-order valence-electron chi connectivity index (χ1n) is 8.92. The average Bonchev–Trinajstić information content (AvgIpc) is 2.58. The lowest BCUT2D eigenvalue weighted by molar-refractivity contribution is 0.0263. The summed E-state index contributed by atoms with van der Waals surface area (Å²) in [6.07, 6.45) is 2.57. The van der Waals surface area contributed by atoms with Crippen molar-refractivity contribution in [1.82, 2.24) is 15.1 Å². The van der Waals surface area contributed by atoms with Crippen LogP contribution in [0.25, 0.3) is 0 Å². The van der Waals surface area contributed by atoms with Crippen molar-refractivity contribution in [2.45, 2.75) is 39.0 Å². The van der Waals surface area contributed by atoms with Crippen molar-refractivity contribution < 1.29 is 4.74 Å². The fourth-order valence-electron chi connectivity index (χ4n) is 3.11. The van der Waals surface area contributed by atoms with Crippen LogP contribution in [0.1, 0.15) is 30.9 Å². The number of benzene rings is 1. The molecule has 6 heteroatoms. The largest absolute Gasteiger partial charge is 0.378 e. The van der Waals surface area contributed by atoms with Crippen LogP contribution in [-0.2, 0) is 17.8 Å². The molecule has 1 heterocycles. The quantitative estimate of drug-likeness (QED) is 0.403. The van der Waals surface area contributed by atoms with Crippen LogP contribution in [-0.4, -0.2) is 62.7 Å². The van der Waals surface area contributed by atoms with Gasteiger partial charge in [0.15, 0.2) is 5.96 Å². The molecule has 1 aromatic rings. The Kier molecular flexibility index (Phi) is 10.4. The Labute approximate surface area is 169 Å². The highest BCUT2D eigenvalue weighted by Gasteiger charge is 2.21. The molecule has 0 unspecified atom stereocenters. The van der Waals surface area contributed by atoms with Crippen molar-refractivity contribution in [3.63, 3.8) is 0 Å². The molecule has 1 saturated heterocycles. The third kappa shape index (κ3) is 7.50. The molecule has 25 heavy (non-hydrogen) atoms. The first-order valence-corrected chi connectivity index (χ1v) is 8.92. The maximum Gasteiger partial charge on any atom is 0.193 e. The van der Waals surface area contributed by atoms with E-state index in [1.807, 2.05) is 7.05 Å². The Hall–Kier alpha value is -0.860. The van der Waals surface area contributed by atoms with E-state index in [1.165, 1.54) is 11.1 Å². The van der Waals surface area contributed by atoms with E-state index < -0.39 is 0 Å². The van der Waals surface area contributed by atoms with E-state index in [0.717, 1.165) is 51.6 Å². The van der Waals surface area contributed by atoms with Gasteiger partial charge in [0.2, 0.25) is 0 Å². The van der Waals surface area contributed by atoms with Crippen LogP contribution in [0.2, 0.25) is 0 Å². The number of nitrogens with one attached hydrogen (secondary N) is 1. The fourth-order valence-corrected chi connectivity index (χ4v) is 3.11. The van der Waals surface area contributed by atoms with Gasteiger partial charge in [0.05, 0.1) is 6.10 Å². The van der Waals surface area contributed by atoms with Crippen molar-refractivity contribution in [3.05, 3.63) is 35.4 Å². The second kappa shape index (κ2) is 11.7. The predicted octanol–water partition coefficient (Wildman–Crippen LogP) is 2.94. The minimum absolute atomic E-state index is 0. The Morgan fingerprint density at radius 3 is 2.32 bits per heavy atom. The summed E-state index contributed by atoms with van der Waals surface area (Å²) in [5.74, 6) is 0.988. The third-order valence-electron chi connectivity index (χ3n) is 4.33. The Bertz CT molecular complexity index is 511. The summed E-state index contributed by atoms with van der Waals surface area (Å²) >= 11 is 0. The van der Waals surface area contributed by atoms with Gasteiger partial charge < -0.3 is 19.9 Å². The lowest BCUT2D eigenvalue weighted by Crippen LogP contribution is -2.46. The number of nitrogens with zero attached hydrogens (tertiary/aromatic N) is 3. The molecule has 1 aliphatic heterocycles. The van der Waals surface area contributed by atoms with Crippen molar-refractivity contribution >= 4 is 29.9 Å². The van der Waals surface area contributed by atoms with E-state index in [4.69, 9.17) is 4.74 Å². The standard InChI is InChI=1S/C19H32N4O.HI/c1-5-24-18-10-12-23(13-11-18)19(20-2)21-14-16-6-8-17(9-7-16)15-22(3)4;/h6-9,18H,5,10-15H2,1-4H3,(H,20,21);1H. The number of halogens is 1. The van der Waals surface area contributed by atoms with E-state index in [1.54, 1.807) is 0 Å². The molecule has 1 N–H and O–H groups in total. The fraction of sp³-hybridized carbons (Fsp3) is 0.632. The van der Waals surface area contributed by atoms with Crippen LogP contribution in [0.4, 0.5) is 0 Å². The summed E-state index contributed by atoms with van der Waals surface area (Å²) in [4.78, 5) is 8.95. The zero-order chi connectivity index (χ0) is 17.4. The highest BCUT2D eigenvalue weighted by molar-refractivity contribution is 14.0. The molecular formula is C19H33IN4O. The lowest BCUT2D eigenvalue weighted by Gasteiger charge is -2.34. The highest BCUT2D eigenvalue weighted by Crippen LogP contribution is 2.14. The molecule has 2 rings (SSSR count). The first kappa shape index (κ1) is 22.2. The molecular weight excluding hydrogens is 427 g/mol. The van der Waals surface area contributed by atoms with Crippen molar-refractivity contribution in [2.75, 3.05) is 40.8 Å². The Morgan fingerprint density at radius 1 is 1.20 bits per heavy atom. The van der Waals surface area contributed by atoms with Crippen LogP contribution in [0.5, 0.6) is 0 Å². The second-order valence-electron chi connectivity index (χ2n) is 6.60. The van der Waals surface area contributed by atoms with Gasteiger partial charge in [-0.3, -0.25) is 4.99 Å². The van der Waals surface area contributed by atoms with Gasteiger partial charge in [-0.1, -0.05) is 24.3 Å². The van der Waals surface area contributed by atoms with E-state index in [0.29, 0.717) is 6.10 Å². The molecule has 5 nitrogen and oxygen atoms in total. The molecule has 0 aliphatic carbocycles. The van der Waals surface area contributed by atoms with Crippen LogP contribution in [0.15, 0.2) is 29.3 Å². The monoisotopic (exact) mass is 460 g/mol. The topological polar surface area (TPSA) is 40.1 Å². The normalized spacial score (nSPS) is 16.0. The average molecular weight is 460 g/mol. The molecule has 0 atom stereocenters. The van der Waals surface area contributed by atoms with E-state index in [9.17, 15) is 0 Å². The number of likely N-dealkylation sites (tertiary alicyclic amines) is 1. The van der Waals surface area contributed by atoms with E-state index >= 15 is 0 Å². The minimum Gasteiger partial charge on any atom is -0.378 e. The maximum absolute atomic E-state index is 5.72. The smallest absolute Gasteiger partial charge is 0.193 e. The molecule has 1 aromatic carbocycles. The number of ether oxygens (including phenoxy) is 1. The minimum atomic E-state index is 0. The number of guanidine groups is 1. The van der Waals surface area contributed by atoms with Crippen LogP contribution in [0, 0.1) is 0 Å². The zero-order valence-electron chi connectivity index (χ0n) is 16.0. The molecule has 0 saturated carbocycles. The summed E-state index contributed by atoms with van der Waals surface area (Å²) < 4.78 is 5.72. The third-order valence-corrected chi connectivity index (χ3v) is 4.33. The second-order valence-corrected chi connectivity index (χ2v) is 6.60. The molecule has 1 fully saturated rings. The van der Waals surface area contributed by atoms with E-state index in [2.05, 4.69) is 65.4 Å². The van der Waals surface area contributed by atoms with Crippen molar-refractivity contribution in [2.24, 2.45) is 4.99 Å². The summed E-state index contributed by atoms with van der Waals surface area (Å²) in [5.41, 5.74) is 2.62. The van der Waals surface area contributed by atoms with Crippen molar-refractivity contribution in [1.29, 1.82) is 0 Å². The number of aliphatic imine (C=N–C) groups is 1. The van der Waals surface area contributed by atoms with E-state index in [-0.39, 0.29) is 24.0 Å². The first-order chi connectivity index (χ1) is 11.6. The Balaban J connectivity index is 0.00000312. The maximum atomic E-state index is 5.72. The molecule has 0 radical (unpaired) electrons. The highest BCUT2D eigenvalue weighted by atomic mass is 127. The van der Waals surface area contributed by atoms with Crippen LogP contribution in [0.3, 0.4) is 0 Å². The van der Waals surface area contributed by atoms with Gasteiger partial charge in [0.25, 0.3) is 0 Å². The molecule has 142 valence electrons. The van der Waals surface area contributed by atoms with Gasteiger partial charge in [-0.25, -0.2) is 0 Å². The summed E-state index contributed by atoms with van der Waals surface area (Å²) in [6.45, 7) is 6.67. The van der Waals surface area contributed by atoms with Gasteiger partial charge in [0, 0.05) is 39.8 Å². The Morgan fingerprint density at radius 2 is 1.80 bits per heavy atom. The molecule has 0 aromatic heterocycles. The van der Waals surface area contributed by atoms with Crippen LogP contribution >= 0.6 is 24.0 Å². The van der Waals surface area contributed by atoms with Crippen LogP contribution < -0.4 is 5.32 Å². The van der Waals surface area contributed by atoms with Gasteiger partial charge >= 0.3 is 0 Å². The van der Waals surface area contributed by atoms with Gasteiger partial charge in [-0.2, -0.15) is 0 Å². The predicted molar refractivity (Wildman–Crippen MR) is 116 cm³/mol. The molecule has 0 bridgehead atoms. The molecule has 0 spiro atoms. The number of piperidine rings is 1. The number of hydrogen-bond acceptors (Lipinski definition) is 3. The summed E-state index contributed by atoms with van der Waals surface area (Å²) in [6, 6.07) is 8.79. The van der Waals surface area contributed by atoms with Crippen molar-refractivity contribution in [3.8, 4) is 0 Å². The van der Waals surface area contributed by atoms with Gasteiger partial charge in [0.1, 0.15) is 0 Å². The summed E-state index contributed by atoms with van der Waals surface area (Å²) in [5, 5.41) is 3.49. The SMILES string of the molecule is CCOC1CCN(C(=NC)NCc2ccc(CN(C)C)cc2)CC1.I. The van der Waals surface area contributed by atoms with Gasteiger partial charge in [-0.05, 0) is 45.0 Å². The zero-order valence-corrected chi connectivity index (χ0v) is 18.3. The number of hydrogen-bond donors (Lipinski definition) is 1. The summed E-state index contributed by atoms with van der Waals surface area (Å²) in [7, 11) is 6.04. The number of rotatable bonds is 6. The molecule has 0 amide bonds. The van der Waals surface area contributed by atoms with Gasteiger partial charge in [-0.15, -0.1) is 24.0 Å². The lowest BCUT2D eigenvalue weighted by atomic mass is 10.1. The molecule has 1 aliphatic rings.